The SMILES string of the molecule is CCCCOc1ccc(C(=O)NC(=S)NC(C)c2ccccc2)cc1Br. The molecule has 0 spiro atoms. The van der Waals surface area contributed by atoms with Gasteiger partial charge in [0, 0.05) is 5.56 Å². The normalized spacial score (nSPS) is 11.5. The fourth-order valence-electron chi connectivity index (χ4n) is 2.32. The molecule has 0 aliphatic heterocycles. The molecule has 4 nitrogen and oxygen atoms in total. The highest BCUT2D eigenvalue weighted by atomic mass is 79.9. The summed E-state index contributed by atoms with van der Waals surface area (Å²) in [6, 6.07) is 15.2. The molecular weight excluding hydrogens is 412 g/mol. The van der Waals surface area contributed by atoms with E-state index in [2.05, 4.69) is 33.5 Å². The Morgan fingerprint density at radius 2 is 1.96 bits per heavy atom. The molecule has 0 fully saturated rings. The molecule has 0 heterocycles. The van der Waals surface area contributed by atoms with E-state index in [4.69, 9.17) is 17.0 Å². The number of hydrogen-bond donors (Lipinski definition) is 2. The molecule has 0 radical (unpaired) electrons. The average molecular weight is 435 g/mol. The number of unbranched alkanes of at least 4 members (excludes halogenated alkanes) is 1. The quantitative estimate of drug-likeness (QED) is 0.475. The number of amides is 1. The van der Waals surface area contributed by atoms with Crippen molar-refractivity contribution in [1.82, 2.24) is 10.6 Å². The summed E-state index contributed by atoms with van der Waals surface area (Å²) in [4.78, 5) is 12.4. The monoisotopic (exact) mass is 434 g/mol. The zero-order chi connectivity index (χ0) is 18.9. The maximum Gasteiger partial charge on any atom is 0.257 e. The zero-order valence-electron chi connectivity index (χ0n) is 14.9. The van der Waals surface area contributed by atoms with Crippen LogP contribution < -0.4 is 15.4 Å². The van der Waals surface area contributed by atoms with E-state index in [-0.39, 0.29) is 11.9 Å². The Hall–Kier alpha value is -1.92. The fraction of sp³-hybridized carbons (Fsp3) is 0.300. The lowest BCUT2D eigenvalue weighted by Crippen LogP contribution is -2.40. The van der Waals surface area contributed by atoms with E-state index in [1.165, 1.54) is 0 Å². The van der Waals surface area contributed by atoms with Crippen LogP contribution >= 0.6 is 28.1 Å². The van der Waals surface area contributed by atoms with Gasteiger partial charge in [0.05, 0.1) is 17.1 Å². The van der Waals surface area contributed by atoms with Gasteiger partial charge in [0.25, 0.3) is 5.91 Å². The van der Waals surface area contributed by atoms with Crippen LogP contribution in [0, 0.1) is 0 Å². The molecule has 0 aliphatic rings. The average Bonchev–Trinajstić information content (AvgIpc) is 2.63. The predicted molar refractivity (Wildman–Crippen MR) is 113 cm³/mol. The second-order valence-corrected chi connectivity index (χ2v) is 7.17. The van der Waals surface area contributed by atoms with E-state index in [1.54, 1.807) is 18.2 Å². The largest absolute Gasteiger partial charge is 0.492 e. The Bertz CT molecular complexity index is 753. The first kappa shape index (κ1) is 20.4. The van der Waals surface area contributed by atoms with Crippen molar-refractivity contribution in [2.24, 2.45) is 0 Å². The Balaban J connectivity index is 1.92. The molecule has 2 aromatic rings. The molecule has 2 aromatic carbocycles. The smallest absolute Gasteiger partial charge is 0.257 e. The van der Waals surface area contributed by atoms with Gasteiger partial charge in [0.2, 0.25) is 0 Å². The number of halogens is 1. The second kappa shape index (κ2) is 10.3. The summed E-state index contributed by atoms with van der Waals surface area (Å²) in [6.07, 6.45) is 2.07. The topological polar surface area (TPSA) is 50.4 Å². The van der Waals surface area contributed by atoms with Crippen LogP contribution in [0.3, 0.4) is 0 Å². The zero-order valence-corrected chi connectivity index (χ0v) is 17.3. The second-order valence-electron chi connectivity index (χ2n) is 5.91. The number of carbonyl (C=O) groups excluding carboxylic acids is 1. The van der Waals surface area contributed by atoms with Crippen molar-refractivity contribution in [1.29, 1.82) is 0 Å². The molecule has 0 bridgehead atoms. The molecule has 0 saturated heterocycles. The molecule has 2 rings (SSSR count). The van der Waals surface area contributed by atoms with Crippen molar-refractivity contribution < 1.29 is 9.53 Å². The van der Waals surface area contributed by atoms with Crippen LogP contribution in [0.4, 0.5) is 0 Å². The van der Waals surface area contributed by atoms with E-state index < -0.39 is 0 Å². The summed E-state index contributed by atoms with van der Waals surface area (Å²) in [7, 11) is 0. The van der Waals surface area contributed by atoms with Crippen LogP contribution in [-0.4, -0.2) is 17.6 Å². The first-order valence-corrected chi connectivity index (χ1v) is 9.80. The van der Waals surface area contributed by atoms with Gasteiger partial charge >= 0.3 is 0 Å². The molecule has 6 heteroatoms. The highest BCUT2D eigenvalue weighted by Crippen LogP contribution is 2.26. The van der Waals surface area contributed by atoms with Gasteiger partial charge in [-0.05, 0) is 65.3 Å². The van der Waals surface area contributed by atoms with Crippen LogP contribution in [0.15, 0.2) is 53.0 Å². The molecule has 0 aromatic heterocycles. The molecule has 2 N–H and O–H groups in total. The maximum atomic E-state index is 12.4. The van der Waals surface area contributed by atoms with Crippen molar-refractivity contribution in [2.75, 3.05) is 6.61 Å². The van der Waals surface area contributed by atoms with Crippen LogP contribution in [-0.2, 0) is 0 Å². The van der Waals surface area contributed by atoms with Gasteiger partial charge < -0.3 is 10.1 Å². The lowest BCUT2D eigenvalue weighted by atomic mass is 10.1. The molecule has 1 atom stereocenters. The maximum absolute atomic E-state index is 12.4. The van der Waals surface area contributed by atoms with Crippen molar-refractivity contribution in [3.05, 3.63) is 64.1 Å². The van der Waals surface area contributed by atoms with Gasteiger partial charge in [-0.3, -0.25) is 10.1 Å². The highest BCUT2D eigenvalue weighted by molar-refractivity contribution is 9.10. The summed E-state index contributed by atoms with van der Waals surface area (Å²) in [5.41, 5.74) is 1.61. The Morgan fingerprint density at radius 1 is 1.23 bits per heavy atom. The number of ether oxygens (including phenoxy) is 1. The molecule has 1 unspecified atom stereocenters. The predicted octanol–water partition coefficient (Wildman–Crippen LogP) is 4.99. The van der Waals surface area contributed by atoms with Crippen molar-refractivity contribution in [3.8, 4) is 5.75 Å². The van der Waals surface area contributed by atoms with Crippen LogP contribution in [0.25, 0.3) is 0 Å². The number of rotatable bonds is 7. The third-order valence-corrected chi connectivity index (χ3v) is 4.66. The number of benzene rings is 2. The van der Waals surface area contributed by atoms with Gasteiger partial charge in [-0.15, -0.1) is 0 Å². The molecule has 26 heavy (non-hydrogen) atoms. The first-order valence-electron chi connectivity index (χ1n) is 8.60. The number of thiocarbonyl (C=S) groups is 1. The van der Waals surface area contributed by atoms with Crippen molar-refractivity contribution >= 4 is 39.2 Å². The number of carbonyl (C=O) groups is 1. The fourth-order valence-corrected chi connectivity index (χ4v) is 3.08. The van der Waals surface area contributed by atoms with Gasteiger partial charge in [-0.1, -0.05) is 43.7 Å². The Labute approximate surface area is 168 Å². The molecule has 1 amide bonds. The van der Waals surface area contributed by atoms with Gasteiger partial charge in [-0.2, -0.15) is 0 Å². The lowest BCUT2D eigenvalue weighted by molar-refractivity contribution is 0.0976. The standard InChI is InChI=1S/C20H23BrN2O2S/c1-3-4-12-25-18-11-10-16(13-17(18)21)19(24)23-20(26)22-14(2)15-8-6-5-7-9-15/h5-11,13-14H,3-4,12H2,1-2H3,(H2,22,23,24,26). The van der Waals surface area contributed by atoms with E-state index in [0.29, 0.717) is 17.3 Å². The first-order chi connectivity index (χ1) is 12.5. The minimum atomic E-state index is -0.261. The highest BCUT2D eigenvalue weighted by Gasteiger charge is 2.13. The van der Waals surface area contributed by atoms with E-state index in [9.17, 15) is 4.79 Å². The van der Waals surface area contributed by atoms with Crippen LogP contribution in [0.1, 0.15) is 48.7 Å². The van der Waals surface area contributed by atoms with Crippen molar-refractivity contribution in [2.45, 2.75) is 32.7 Å². The minimum absolute atomic E-state index is 0.00470. The Morgan fingerprint density at radius 3 is 2.62 bits per heavy atom. The molecule has 138 valence electrons. The van der Waals surface area contributed by atoms with Gasteiger partial charge in [0.1, 0.15) is 5.75 Å². The molecule has 0 aliphatic carbocycles. The summed E-state index contributed by atoms with van der Waals surface area (Å²) < 4.78 is 6.43. The van der Waals surface area contributed by atoms with Crippen LogP contribution in [0.5, 0.6) is 5.75 Å². The van der Waals surface area contributed by atoms with Gasteiger partial charge in [0.15, 0.2) is 5.11 Å². The summed E-state index contributed by atoms with van der Waals surface area (Å²) in [5.74, 6) is 0.469. The summed E-state index contributed by atoms with van der Waals surface area (Å²) >= 11 is 8.71. The number of nitrogens with one attached hydrogen (secondary N) is 2. The third-order valence-electron chi connectivity index (χ3n) is 3.82. The Kier molecular flexibility index (Phi) is 8.06. The van der Waals surface area contributed by atoms with Crippen molar-refractivity contribution in [3.63, 3.8) is 0 Å². The molecule has 0 saturated carbocycles. The minimum Gasteiger partial charge on any atom is -0.492 e. The van der Waals surface area contributed by atoms with E-state index in [1.807, 2.05) is 37.3 Å². The van der Waals surface area contributed by atoms with E-state index in [0.717, 1.165) is 28.6 Å². The van der Waals surface area contributed by atoms with Crippen LogP contribution in [0.2, 0.25) is 0 Å². The van der Waals surface area contributed by atoms with Gasteiger partial charge in [-0.25, -0.2) is 0 Å². The van der Waals surface area contributed by atoms with E-state index >= 15 is 0 Å². The summed E-state index contributed by atoms with van der Waals surface area (Å²) in [6.45, 7) is 4.76. The summed E-state index contributed by atoms with van der Waals surface area (Å²) in [5, 5.41) is 6.13. The molecular formula is C20H23BrN2O2S. The lowest BCUT2D eigenvalue weighted by Gasteiger charge is -2.17. The number of hydrogen-bond acceptors (Lipinski definition) is 3. The third kappa shape index (κ3) is 6.11.